The van der Waals surface area contributed by atoms with Crippen molar-refractivity contribution >= 4 is 50.1 Å². The summed E-state index contributed by atoms with van der Waals surface area (Å²) in [6.45, 7) is 8.84. The zero-order valence-electron chi connectivity index (χ0n) is 20.7. The number of carbonyl (C=O) groups is 3. The Balaban J connectivity index is 1.40. The molecule has 3 amide bonds. The number of ether oxygens (including phenoxy) is 1. The fourth-order valence-electron chi connectivity index (χ4n) is 4.82. The zero-order chi connectivity index (χ0) is 25.2. The van der Waals surface area contributed by atoms with Crippen LogP contribution in [0, 0.1) is 13.8 Å². The summed E-state index contributed by atoms with van der Waals surface area (Å²) in [6.07, 6.45) is 1.27. The van der Waals surface area contributed by atoms with Gasteiger partial charge in [-0.1, -0.05) is 17.4 Å². The van der Waals surface area contributed by atoms with Gasteiger partial charge < -0.3 is 4.74 Å². The molecule has 0 saturated carbocycles. The monoisotopic (exact) mass is 506 g/mol. The average molecular weight is 507 g/mol. The lowest BCUT2D eigenvalue weighted by Gasteiger charge is -2.27. The van der Waals surface area contributed by atoms with Crippen LogP contribution >= 0.6 is 11.3 Å². The highest BCUT2D eigenvalue weighted by Gasteiger charge is 2.30. The molecule has 36 heavy (non-hydrogen) atoms. The van der Waals surface area contributed by atoms with Gasteiger partial charge in [0.15, 0.2) is 5.13 Å². The molecule has 1 aromatic heterocycles. The molecule has 0 atom stereocenters. The molecule has 2 saturated heterocycles. The third-order valence-corrected chi connectivity index (χ3v) is 7.90. The topological polar surface area (TPSA) is 83.0 Å². The first-order chi connectivity index (χ1) is 17.4. The SMILES string of the molecule is Cc1cc(C)c2sc(N(CCCN3CCOCC3)C(=O)c3ccc(N4C(=O)CCC4=O)cc3)nc2c1. The van der Waals surface area contributed by atoms with E-state index >= 15 is 0 Å². The standard InChI is InChI=1S/C27H30N4O4S/c1-18-16-19(2)25-22(17-18)28-27(36-25)30(11-3-10-29-12-14-35-15-13-29)26(34)20-4-6-21(7-5-20)31-23(32)8-9-24(31)33/h4-7,16-17H,3,8-15H2,1-2H3. The number of aromatic nitrogens is 1. The molecule has 2 aliphatic heterocycles. The molecule has 2 aliphatic rings. The van der Waals surface area contributed by atoms with Crippen molar-refractivity contribution in [1.82, 2.24) is 9.88 Å². The fourth-order valence-corrected chi connectivity index (χ4v) is 5.86. The number of hydrogen-bond donors (Lipinski definition) is 0. The maximum atomic E-state index is 13.7. The van der Waals surface area contributed by atoms with E-state index in [0.717, 1.165) is 60.6 Å². The maximum Gasteiger partial charge on any atom is 0.260 e. The van der Waals surface area contributed by atoms with Gasteiger partial charge >= 0.3 is 0 Å². The Morgan fingerprint density at radius 2 is 1.75 bits per heavy atom. The molecule has 2 fully saturated rings. The van der Waals surface area contributed by atoms with Gasteiger partial charge in [-0.3, -0.25) is 29.1 Å². The Kier molecular flexibility index (Phi) is 7.13. The number of morpholine rings is 1. The number of benzene rings is 2. The second-order valence-electron chi connectivity index (χ2n) is 9.36. The molecule has 3 heterocycles. The first-order valence-electron chi connectivity index (χ1n) is 12.4. The van der Waals surface area contributed by atoms with Gasteiger partial charge in [0.05, 0.1) is 29.1 Å². The maximum absolute atomic E-state index is 13.7. The minimum atomic E-state index is -0.205. The molecule has 0 bridgehead atoms. The predicted molar refractivity (Wildman–Crippen MR) is 141 cm³/mol. The fraction of sp³-hybridized carbons (Fsp3) is 0.407. The molecule has 2 aromatic carbocycles. The van der Waals surface area contributed by atoms with Crippen LogP contribution in [0.15, 0.2) is 36.4 Å². The van der Waals surface area contributed by atoms with Crippen molar-refractivity contribution in [3.8, 4) is 0 Å². The van der Waals surface area contributed by atoms with Crippen molar-refractivity contribution in [2.75, 3.05) is 49.2 Å². The number of amides is 3. The van der Waals surface area contributed by atoms with Gasteiger partial charge in [0, 0.05) is 44.6 Å². The Morgan fingerprint density at radius 1 is 1.06 bits per heavy atom. The average Bonchev–Trinajstić information content (AvgIpc) is 3.45. The van der Waals surface area contributed by atoms with Crippen LogP contribution in [0.4, 0.5) is 10.8 Å². The molecule has 0 aliphatic carbocycles. The Labute approximate surface area is 214 Å². The number of hydrogen-bond acceptors (Lipinski definition) is 7. The lowest BCUT2D eigenvalue weighted by Crippen LogP contribution is -2.39. The number of carbonyl (C=O) groups excluding carboxylic acids is 3. The van der Waals surface area contributed by atoms with Crippen molar-refractivity contribution in [2.45, 2.75) is 33.1 Å². The normalized spacial score (nSPS) is 16.8. The smallest absolute Gasteiger partial charge is 0.260 e. The van der Waals surface area contributed by atoms with Crippen LogP contribution in [0.25, 0.3) is 10.2 Å². The molecule has 9 heteroatoms. The van der Waals surface area contributed by atoms with Gasteiger partial charge in [-0.15, -0.1) is 0 Å². The number of nitrogens with zero attached hydrogens (tertiary/aromatic N) is 4. The van der Waals surface area contributed by atoms with Crippen molar-refractivity contribution < 1.29 is 19.1 Å². The summed E-state index contributed by atoms with van der Waals surface area (Å²) in [5.41, 5.74) is 4.20. The van der Waals surface area contributed by atoms with Gasteiger partial charge in [-0.2, -0.15) is 0 Å². The molecule has 0 radical (unpaired) electrons. The van der Waals surface area contributed by atoms with Crippen LogP contribution in [0.2, 0.25) is 0 Å². The minimum Gasteiger partial charge on any atom is -0.379 e. The summed E-state index contributed by atoms with van der Waals surface area (Å²) in [5.74, 6) is -0.552. The van der Waals surface area contributed by atoms with E-state index in [9.17, 15) is 14.4 Å². The quantitative estimate of drug-likeness (QED) is 0.452. The van der Waals surface area contributed by atoms with E-state index in [2.05, 4.69) is 24.0 Å². The third kappa shape index (κ3) is 5.04. The number of thiazole rings is 1. The Bertz CT molecular complexity index is 1280. The lowest BCUT2D eigenvalue weighted by molar-refractivity contribution is -0.121. The summed E-state index contributed by atoms with van der Waals surface area (Å²) < 4.78 is 6.53. The van der Waals surface area contributed by atoms with Gasteiger partial charge in [-0.05, 0) is 61.7 Å². The van der Waals surface area contributed by atoms with E-state index in [0.29, 0.717) is 22.9 Å². The molecule has 188 valence electrons. The number of aryl methyl sites for hydroxylation is 2. The summed E-state index contributed by atoms with van der Waals surface area (Å²) >= 11 is 1.54. The third-order valence-electron chi connectivity index (χ3n) is 6.67. The molecule has 0 unspecified atom stereocenters. The summed E-state index contributed by atoms with van der Waals surface area (Å²) in [6, 6.07) is 10.9. The molecule has 8 nitrogen and oxygen atoms in total. The number of fused-ring (bicyclic) bond motifs is 1. The van der Waals surface area contributed by atoms with E-state index < -0.39 is 0 Å². The van der Waals surface area contributed by atoms with Crippen molar-refractivity contribution in [1.29, 1.82) is 0 Å². The molecular weight excluding hydrogens is 476 g/mol. The Morgan fingerprint density at radius 3 is 2.44 bits per heavy atom. The van der Waals surface area contributed by atoms with Gasteiger partial charge in [0.25, 0.3) is 5.91 Å². The highest BCUT2D eigenvalue weighted by Crippen LogP contribution is 2.33. The highest BCUT2D eigenvalue weighted by molar-refractivity contribution is 7.22. The van der Waals surface area contributed by atoms with Crippen LogP contribution in [0.5, 0.6) is 0 Å². The number of rotatable bonds is 7. The van der Waals surface area contributed by atoms with Crippen LogP contribution in [0.3, 0.4) is 0 Å². The predicted octanol–water partition coefficient (Wildman–Crippen LogP) is 3.94. The second-order valence-corrected chi connectivity index (χ2v) is 10.3. The number of imide groups is 1. The Hall–Kier alpha value is -3.14. The lowest BCUT2D eigenvalue weighted by atomic mass is 10.1. The van der Waals surface area contributed by atoms with E-state index in [1.54, 1.807) is 29.2 Å². The zero-order valence-corrected chi connectivity index (χ0v) is 21.5. The molecule has 0 spiro atoms. The first-order valence-corrected chi connectivity index (χ1v) is 13.2. The molecule has 5 rings (SSSR count). The second kappa shape index (κ2) is 10.5. The van der Waals surface area contributed by atoms with Crippen LogP contribution in [-0.2, 0) is 14.3 Å². The van der Waals surface area contributed by atoms with Crippen molar-refractivity contribution in [3.63, 3.8) is 0 Å². The van der Waals surface area contributed by atoms with E-state index in [1.165, 1.54) is 16.2 Å². The van der Waals surface area contributed by atoms with Crippen LogP contribution < -0.4 is 9.80 Å². The number of anilines is 2. The largest absolute Gasteiger partial charge is 0.379 e. The van der Waals surface area contributed by atoms with Crippen LogP contribution in [0.1, 0.15) is 40.7 Å². The molecular formula is C27H30N4O4S. The molecule has 0 N–H and O–H groups in total. The van der Waals surface area contributed by atoms with E-state index in [1.807, 2.05) is 6.92 Å². The van der Waals surface area contributed by atoms with E-state index in [4.69, 9.17) is 9.72 Å². The summed E-state index contributed by atoms with van der Waals surface area (Å²) in [4.78, 5) is 48.1. The van der Waals surface area contributed by atoms with Crippen molar-refractivity contribution in [3.05, 3.63) is 53.1 Å². The first kappa shape index (κ1) is 24.5. The minimum absolute atomic E-state index is 0.143. The summed E-state index contributed by atoms with van der Waals surface area (Å²) in [7, 11) is 0. The van der Waals surface area contributed by atoms with Gasteiger partial charge in [-0.25, -0.2) is 4.98 Å². The van der Waals surface area contributed by atoms with Crippen LogP contribution in [-0.4, -0.2) is 67.0 Å². The van der Waals surface area contributed by atoms with Gasteiger partial charge in [0.1, 0.15) is 0 Å². The summed E-state index contributed by atoms with van der Waals surface area (Å²) in [5, 5.41) is 0.680. The molecule has 3 aromatic rings. The van der Waals surface area contributed by atoms with Gasteiger partial charge in [0.2, 0.25) is 11.8 Å². The highest BCUT2D eigenvalue weighted by atomic mass is 32.1. The van der Waals surface area contributed by atoms with Crippen molar-refractivity contribution in [2.24, 2.45) is 0 Å². The van der Waals surface area contributed by atoms with E-state index in [-0.39, 0.29) is 30.6 Å².